The Hall–Kier alpha value is -1.30. The number of rotatable bonds is 2. The maximum atomic E-state index is 11.0. The lowest BCUT2D eigenvalue weighted by molar-refractivity contribution is -0.159. The van der Waals surface area contributed by atoms with Crippen LogP contribution in [0.2, 0.25) is 0 Å². The van der Waals surface area contributed by atoms with E-state index in [1.165, 1.54) is 11.1 Å². The third-order valence-electron chi connectivity index (χ3n) is 7.13. The minimum absolute atomic E-state index is 0.0942. The molecule has 1 saturated carbocycles. The monoisotopic (exact) mass is 331 g/mol. The van der Waals surface area contributed by atoms with Crippen molar-refractivity contribution in [1.29, 1.82) is 0 Å². The molecule has 1 aromatic carbocycles. The van der Waals surface area contributed by atoms with E-state index in [0.717, 1.165) is 37.3 Å². The van der Waals surface area contributed by atoms with E-state index in [4.69, 9.17) is 14.2 Å². The number of likely N-dealkylation sites (tertiary alicyclic amines) is 1. The molecule has 0 radical (unpaired) electrons. The van der Waals surface area contributed by atoms with E-state index in [1.807, 2.05) is 6.07 Å². The molecule has 1 aromatic rings. The molecule has 130 valence electrons. The zero-order valence-electron chi connectivity index (χ0n) is 14.5. The molecule has 0 aromatic heterocycles. The van der Waals surface area contributed by atoms with Crippen molar-refractivity contribution in [1.82, 2.24) is 4.90 Å². The molecule has 2 fully saturated rings. The molecule has 5 nitrogen and oxygen atoms in total. The van der Waals surface area contributed by atoms with Gasteiger partial charge < -0.3 is 24.2 Å². The number of nitrogens with zero attached hydrogens (tertiary/aromatic N) is 1. The van der Waals surface area contributed by atoms with Crippen LogP contribution in [0, 0.1) is 5.92 Å². The number of aliphatic hydroxyl groups is 1. The quantitative estimate of drug-likeness (QED) is 0.887. The van der Waals surface area contributed by atoms with Crippen LogP contribution < -0.4 is 9.47 Å². The maximum absolute atomic E-state index is 11.0. The van der Waals surface area contributed by atoms with Crippen LogP contribution in [0.25, 0.3) is 0 Å². The van der Waals surface area contributed by atoms with E-state index in [0.29, 0.717) is 12.0 Å². The fourth-order valence-corrected chi connectivity index (χ4v) is 6.05. The standard InChI is InChI=1S/C19H25NO4/c1-20-7-6-19-11-9-14(23-3)16(21)18(19)24-17-13(22-2)5-4-10(15(17)19)8-12(11)20/h4-5,11-12,14,16,18,21H,6-9H2,1-3H3/t11-,12+,14+,16-,18-,19-/m0/s1. The number of aliphatic hydroxyl groups excluding tert-OH is 1. The zero-order valence-corrected chi connectivity index (χ0v) is 14.5. The second-order valence-corrected chi connectivity index (χ2v) is 7.82. The van der Waals surface area contributed by atoms with Crippen molar-refractivity contribution in [2.75, 3.05) is 27.8 Å². The van der Waals surface area contributed by atoms with Crippen LogP contribution in [0.5, 0.6) is 11.5 Å². The minimum Gasteiger partial charge on any atom is -0.493 e. The number of likely N-dealkylation sites (N-methyl/N-ethyl adjacent to an activating group) is 1. The molecule has 2 heterocycles. The summed E-state index contributed by atoms with van der Waals surface area (Å²) in [6, 6.07) is 4.70. The van der Waals surface area contributed by atoms with Crippen molar-refractivity contribution >= 4 is 0 Å². The lowest BCUT2D eigenvalue weighted by Crippen LogP contribution is -2.69. The molecule has 0 unspecified atom stereocenters. The van der Waals surface area contributed by atoms with Crippen LogP contribution in [-0.4, -0.2) is 62.2 Å². The average Bonchev–Trinajstić information content (AvgIpc) is 2.94. The summed E-state index contributed by atoms with van der Waals surface area (Å²) in [5.74, 6) is 2.11. The molecule has 2 aliphatic heterocycles. The third-order valence-corrected chi connectivity index (χ3v) is 7.13. The first kappa shape index (κ1) is 15.0. The van der Waals surface area contributed by atoms with Crippen LogP contribution in [-0.2, 0) is 16.6 Å². The Morgan fingerprint density at radius 1 is 1.33 bits per heavy atom. The van der Waals surface area contributed by atoms with Crippen LogP contribution >= 0.6 is 0 Å². The Labute approximate surface area is 142 Å². The second-order valence-electron chi connectivity index (χ2n) is 7.82. The highest BCUT2D eigenvalue weighted by molar-refractivity contribution is 5.61. The lowest BCUT2D eigenvalue weighted by Gasteiger charge is -2.59. The number of hydrogen-bond acceptors (Lipinski definition) is 5. The van der Waals surface area contributed by atoms with Crippen molar-refractivity contribution < 1.29 is 19.3 Å². The molecule has 5 heteroatoms. The maximum Gasteiger partial charge on any atom is 0.165 e. The summed E-state index contributed by atoms with van der Waals surface area (Å²) in [6.07, 6.45) is 1.96. The van der Waals surface area contributed by atoms with Gasteiger partial charge in [0.1, 0.15) is 12.2 Å². The minimum atomic E-state index is -0.599. The van der Waals surface area contributed by atoms with Gasteiger partial charge in [-0.2, -0.15) is 0 Å². The molecule has 2 aliphatic carbocycles. The molecule has 0 amide bonds. The van der Waals surface area contributed by atoms with E-state index >= 15 is 0 Å². The Morgan fingerprint density at radius 2 is 2.17 bits per heavy atom. The summed E-state index contributed by atoms with van der Waals surface area (Å²) in [5.41, 5.74) is 2.59. The van der Waals surface area contributed by atoms with Crippen molar-refractivity contribution in [3.8, 4) is 11.5 Å². The fourth-order valence-electron chi connectivity index (χ4n) is 6.05. The molecule has 24 heavy (non-hydrogen) atoms. The summed E-state index contributed by atoms with van der Waals surface area (Å²) in [6.45, 7) is 1.04. The van der Waals surface area contributed by atoms with Gasteiger partial charge >= 0.3 is 0 Å². The van der Waals surface area contributed by atoms with Crippen LogP contribution in [0.3, 0.4) is 0 Å². The number of methoxy groups -OCH3 is 2. The van der Waals surface area contributed by atoms with Crippen LogP contribution in [0.15, 0.2) is 12.1 Å². The van der Waals surface area contributed by atoms with Gasteiger partial charge in [-0.15, -0.1) is 0 Å². The van der Waals surface area contributed by atoms with Gasteiger partial charge in [0.25, 0.3) is 0 Å². The van der Waals surface area contributed by atoms with Crippen molar-refractivity contribution in [3.63, 3.8) is 0 Å². The van der Waals surface area contributed by atoms with Crippen molar-refractivity contribution in [2.45, 2.75) is 49.0 Å². The topological polar surface area (TPSA) is 51.2 Å². The third kappa shape index (κ3) is 1.56. The predicted octanol–water partition coefficient (Wildman–Crippen LogP) is 1.35. The number of ether oxygens (including phenoxy) is 3. The van der Waals surface area contributed by atoms with Gasteiger partial charge in [0.15, 0.2) is 11.5 Å². The molecule has 2 bridgehead atoms. The highest BCUT2D eigenvalue weighted by atomic mass is 16.5. The number of benzene rings is 1. The normalized spacial score (nSPS) is 42.4. The predicted molar refractivity (Wildman–Crippen MR) is 88.7 cm³/mol. The largest absolute Gasteiger partial charge is 0.493 e. The van der Waals surface area contributed by atoms with E-state index in [-0.39, 0.29) is 17.6 Å². The molecule has 1 N–H and O–H groups in total. The SMILES string of the molecule is COc1ccc2c3c1O[C@H]1[C@@H](O)[C@H](OC)C[C@H]4[C@@H](C2)N(C)CC[C@@]341. The van der Waals surface area contributed by atoms with Gasteiger partial charge in [-0.25, -0.2) is 0 Å². The highest BCUT2D eigenvalue weighted by Crippen LogP contribution is 2.63. The second kappa shape index (κ2) is 4.87. The summed E-state index contributed by atoms with van der Waals surface area (Å²) in [4.78, 5) is 2.49. The first-order chi connectivity index (χ1) is 11.6. The van der Waals surface area contributed by atoms with Gasteiger partial charge in [0.05, 0.1) is 13.2 Å². The smallest absolute Gasteiger partial charge is 0.165 e. The van der Waals surface area contributed by atoms with Gasteiger partial charge in [0, 0.05) is 24.1 Å². The van der Waals surface area contributed by atoms with Gasteiger partial charge in [-0.1, -0.05) is 6.07 Å². The summed E-state index contributed by atoms with van der Waals surface area (Å²) >= 11 is 0. The number of hydrogen-bond donors (Lipinski definition) is 1. The van der Waals surface area contributed by atoms with E-state index in [1.54, 1.807) is 14.2 Å². The Morgan fingerprint density at radius 3 is 2.92 bits per heavy atom. The molecular weight excluding hydrogens is 306 g/mol. The van der Waals surface area contributed by atoms with Crippen molar-refractivity contribution in [3.05, 3.63) is 23.3 Å². The van der Waals surface area contributed by atoms with Crippen molar-refractivity contribution in [2.24, 2.45) is 5.92 Å². The summed E-state index contributed by atoms with van der Waals surface area (Å²) < 4.78 is 17.6. The summed E-state index contributed by atoms with van der Waals surface area (Å²) in [7, 11) is 5.61. The highest BCUT2D eigenvalue weighted by Gasteiger charge is 2.67. The first-order valence-corrected chi connectivity index (χ1v) is 8.90. The zero-order chi connectivity index (χ0) is 16.6. The van der Waals surface area contributed by atoms with Gasteiger partial charge in [-0.05, 0) is 50.4 Å². The van der Waals surface area contributed by atoms with E-state index < -0.39 is 6.10 Å². The Kier molecular flexibility index (Phi) is 3.04. The fraction of sp³-hybridized carbons (Fsp3) is 0.684. The van der Waals surface area contributed by atoms with Crippen LogP contribution in [0.1, 0.15) is 24.0 Å². The summed E-state index contributed by atoms with van der Waals surface area (Å²) in [5, 5.41) is 11.0. The van der Waals surface area contributed by atoms with Gasteiger partial charge in [0.2, 0.25) is 0 Å². The van der Waals surface area contributed by atoms with Crippen LogP contribution in [0.4, 0.5) is 0 Å². The number of piperidine rings is 1. The average molecular weight is 331 g/mol. The van der Waals surface area contributed by atoms with Gasteiger partial charge in [-0.3, -0.25) is 0 Å². The molecular formula is C19H25NO4. The van der Waals surface area contributed by atoms with E-state index in [9.17, 15) is 5.11 Å². The molecule has 6 atom stereocenters. The first-order valence-electron chi connectivity index (χ1n) is 8.90. The molecule has 4 aliphatic rings. The molecule has 5 rings (SSSR count). The van der Waals surface area contributed by atoms with E-state index in [2.05, 4.69) is 18.0 Å². The lowest BCUT2D eigenvalue weighted by atomic mass is 9.51. The molecule has 1 spiro atoms. The Balaban J connectivity index is 1.76. The Bertz CT molecular complexity index is 692. The molecule has 1 saturated heterocycles.